The van der Waals surface area contributed by atoms with Gasteiger partial charge in [-0.1, -0.05) is 12.1 Å². The van der Waals surface area contributed by atoms with Gasteiger partial charge in [-0.15, -0.1) is 0 Å². The van der Waals surface area contributed by atoms with Crippen molar-refractivity contribution < 1.29 is 9.15 Å². The fourth-order valence-corrected chi connectivity index (χ4v) is 2.19. The molecule has 0 unspecified atom stereocenters. The largest absolute Gasteiger partial charge is 0.497 e. The molecule has 102 valence electrons. The summed E-state index contributed by atoms with van der Waals surface area (Å²) in [6.07, 6.45) is 1.62. The van der Waals surface area contributed by atoms with Crippen molar-refractivity contribution in [3.8, 4) is 28.3 Å². The van der Waals surface area contributed by atoms with E-state index in [-0.39, 0.29) is 0 Å². The molecule has 2 heterocycles. The van der Waals surface area contributed by atoms with Crippen LogP contribution in [0.1, 0.15) is 0 Å². The number of ether oxygens (including phenoxy) is 1. The molecule has 0 fully saturated rings. The minimum atomic E-state index is 0.588. The second kappa shape index (κ2) is 4.77. The summed E-state index contributed by atoms with van der Waals surface area (Å²) in [5.74, 6) is 2.05. The lowest BCUT2D eigenvalue weighted by Gasteiger charge is -2.05. The van der Waals surface area contributed by atoms with Gasteiger partial charge in [0.2, 0.25) is 0 Å². The third-order valence-electron chi connectivity index (χ3n) is 3.20. The van der Waals surface area contributed by atoms with Crippen LogP contribution in [-0.2, 0) is 7.05 Å². The Kier molecular flexibility index (Phi) is 2.95. The number of anilines is 1. The molecule has 0 amide bonds. The number of rotatable bonds is 3. The predicted molar refractivity (Wildman–Crippen MR) is 77.3 cm³/mol. The van der Waals surface area contributed by atoms with E-state index >= 15 is 0 Å². The third-order valence-corrected chi connectivity index (χ3v) is 3.20. The summed E-state index contributed by atoms with van der Waals surface area (Å²) in [5, 5.41) is 4.44. The molecule has 0 radical (unpaired) electrons. The van der Waals surface area contributed by atoms with Gasteiger partial charge in [-0.05, 0) is 29.8 Å². The summed E-state index contributed by atoms with van der Waals surface area (Å²) in [6.45, 7) is 0. The number of aromatic nitrogens is 2. The van der Waals surface area contributed by atoms with Crippen molar-refractivity contribution >= 4 is 5.82 Å². The van der Waals surface area contributed by atoms with E-state index in [4.69, 9.17) is 14.9 Å². The number of furan rings is 1. The predicted octanol–water partition coefficient (Wildman–Crippen LogP) is 2.94. The van der Waals surface area contributed by atoms with Crippen molar-refractivity contribution in [3.05, 3.63) is 42.7 Å². The van der Waals surface area contributed by atoms with E-state index in [1.54, 1.807) is 18.1 Å². The summed E-state index contributed by atoms with van der Waals surface area (Å²) in [4.78, 5) is 0. The van der Waals surface area contributed by atoms with Crippen LogP contribution >= 0.6 is 0 Å². The van der Waals surface area contributed by atoms with Crippen molar-refractivity contribution in [1.29, 1.82) is 0 Å². The lowest BCUT2D eigenvalue weighted by molar-refractivity contribution is 0.415. The Morgan fingerprint density at radius 1 is 1.25 bits per heavy atom. The van der Waals surface area contributed by atoms with Crippen molar-refractivity contribution in [3.63, 3.8) is 0 Å². The maximum atomic E-state index is 6.15. The molecule has 0 aliphatic carbocycles. The molecule has 0 saturated heterocycles. The third kappa shape index (κ3) is 1.93. The Bertz CT molecular complexity index is 730. The second-order valence-electron chi connectivity index (χ2n) is 4.44. The molecule has 2 aromatic heterocycles. The molecule has 1 aromatic carbocycles. The average molecular weight is 269 g/mol. The molecule has 0 aliphatic rings. The molecule has 20 heavy (non-hydrogen) atoms. The molecule has 0 spiro atoms. The van der Waals surface area contributed by atoms with E-state index in [9.17, 15) is 0 Å². The van der Waals surface area contributed by atoms with Gasteiger partial charge < -0.3 is 14.9 Å². The Balaban J connectivity index is 2.22. The fourth-order valence-electron chi connectivity index (χ4n) is 2.19. The van der Waals surface area contributed by atoms with Gasteiger partial charge in [0.25, 0.3) is 0 Å². The first-order chi connectivity index (χ1) is 9.70. The van der Waals surface area contributed by atoms with Gasteiger partial charge in [0, 0.05) is 7.05 Å². The standard InChI is InChI=1S/C15H15N3O2/c1-18-15(16)13(10-5-3-6-11(9-10)19-2)14(17-18)12-7-4-8-20-12/h3-9H,16H2,1-2H3. The first-order valence-electron chi connectivity index (χ1n) is 6.21. The lowest BCUT2D eigenvalue weighted by Crippen LogP contribution is -1.98. The SMILES string of the molecule is COc1cccc(-c2c(-c3ccco3)nn(C)c2N)c1. The smallest absolute Gasteiger partial charge is 0.154 e. The molecular formula is C15H15N3O2. The highest BCUT2D eigenvalue weighted by Gasteiger charge is 2.19. The highest BCUT2D eigenvalue weighted by Crippen LogP contribution is 2.37. The zero-order valence-electron chi connectivity index (χ0n) is 11.3. The molecule has 5 nitrogen and oxygen atoms in total. The molecule has 0 aliphatic heterocycles. The first-order valence-corrected chi connectivity index (χ1v) is 6.21. The Labute approximate surface area is 116 Å². The number of aryl methyl sites for hydroxylation is 1. The van der Waals surface area contributed by atoms with Gasteiger partial charge in [0.1, 0.15) is 17.3 Å². The number of hydrogen-bond acceptors (Lipinski definition) is 4. The van der Waals surface area contributed by atoms with Crippen LogP contribution in [0.3, 0.4) is 0 Å². The van der Waals surface area contributed by atoms with Crippen molar-refractivity contribution in [1.82, 2.24) is 9.78 Å². The van der Waals surface area contributed by atoms with Crippen molar-refractivity contribution in [2.45, 2.75) is 0 Å². The van der Waals surface area contributed by atoms with Crippen LogP contribution in [-0.4, -0.2) is 16.9 Å². The molecule has 3 rings (SSSR count). The van der Waals surface area contributed by atoms with Crippen molar-refractivity contribution in [2.24, 2.45) is 7.05 Å². The molecule has 0 saturated carbocycles. The summed E-state index contributed by atoms with van der Waals surface area (Å²) >= 11 is 0. The van der Waals surface area contributed by atoms with E-state index in [2.05, 4.69) is 5.10 Å². The highest BCUT2D eigenvalue weighted by molar-refractivity contribution is 5.87. The maximum absolute atomic E-state index is 6.15. The number of nitrogen functional groups attached to an aromatic ring is 1. The number of benzene rings is 1. The number of nitrogens with two attached hydrogens (primary N) is 1. The van der Waals surface area contributed by atoms with E-state index in [1.165, 1.54) is 0 Å². The number of nitrogens with zero attached hydrogens (tertiary/aromatic N) is 2. The minimum Gasteiger partial charge on any atom is -0.497 e. The Morgan fingerprint density at radius 2 is 2.10 bits per heavy atom. The molecule has 2 N–H and O–H groups in total. The maximum Gasteiger partial charge on any atom is 0.154 e. The van der Waals surface area contributed by atoms with Gasteiger partial charge in [0.05, 0.1) is 18.9 Å². The topological polar surface area (TPSA) is 66.2 Å². The van der Waals surface area contributed by atoms with Gasteiger partial charge in [-0.25, -0.2) is 0 Å². The summed E-state index contributed by atoms with van der Waals surface area (Å²) in [5.41, 5.74) is 8.67. The normalized spacial score (nSPS) is 10.7. The molecule has 5 heteroatoms. The highest BCUT2D eigenvalue weighted by atomic mass is 16.5. The molecular weight excluding hydrogens is 254 g/mol. The van der Waals surface area contributed by atoms with Crippen LogP contribution in [0, 0.1) is 0 Å². The van der Waals surface area contributed by atoms with Gasteiger partial charge in [-0.2, -0.15) is 5.10 Å². The summed E-state index contributed by atoms with van der Waals surface area (Å²) in [6, 6.07) is 11.4. The van der Waals surface area contributed by atoms with Crippen LogP contribution in [0.5, 0.6) is 5.75 Å². The van der Waals surface area contributed by atoms with E-state index in [0.717, 1.165) is 22.6 Å². The summed E-state index contributed by atoms with van der Waals surface area (Å²) in [7, 11) is 3.45. The Hall–Kier alpha value is -2.69. The second-order valence-corrected chi connectivity index (χ2v) is 4.44. The van der Waals surface area contributed by atoms with Gasteiger partial charge >= 0.3 is 0 Å². The van der Waals surface area contributed by atoms with E-state index in [0.29, 0.717) is 11.6 Å². The zero-order valence-corrected chi connectivity index (χ0v) is 11.3. The molecule has 0 bridgehead atoms. The monoisotopic (exact) mass is 269 g/mol. The number of hydrogen-bond donors (Lipinski definition) is 1. The lowest BCUT2D eigenvalue weighted by atomic mass is 10.0. The quantitative estimate of drug-likeness (QED) is 0.793. The molecule has 3 aromatic rings. The van der Waals surface area contributed by atoms with Crippen molar-refractivity contribution in [2.75, 3.05) is 12.8 Å². The first kappa shape index (κ1) is 12.3. The zero-order chi connectivity index (χ0) is 14.1. The van der Waals surface area contributed by atoms with E-state index < -0.39 is 0 Å². The minimum absolute atomic E-state index is 0.588. The van der Waals surface area contributed by atoms with Crippen LogP contribution in [0.25, 0.3) is 22.6 Å². The van der Waals surface area contributed by atoms with Crippen LogP contribution in [0.2, 0.25) is 0 Å². The van der Waals surface area contributed by atoms with Crippen LogP contribution in [0.15, 0.2) is 47.1 Å². The van der Waals surface area contributed by atoms with E-state index in [1.807, 2.05) is 43.4 Å². The van der Waals surface area contributed by atoms with Crippen LogP contribution < -0.4 is 10.5 Å². The Morgan fingerprint density at radius 3 is 2.80 bits per heavy atom. The van der Waals surface area contributed by atoms with Crippen LogP contribution in [0.4, 0.5) is 5.82 Å². The average Bonchev–Trinajstić information content (AvgIpc) is 3.08. The van der Waals surface area contributed by atoms with Gasteiger partial charge in [0.15, 0.2) is 5.76 Å². The van der Waals surface area contributed by atoms with Gasteiger partial charge in [-0.3, -0.25) is 4.68 Å². The summed E-state index contributed by atoms with van der Waals surface area (Å²) < 4.78 is 12.4. The molecule has 0 atom stereocenters. The fraction of sp³-hybridized carbons (Fsp3) is 0.133. The number of methoxy groups -OCH3 is 1.